The molecule has 0 aliphatic carbocycles. The third kappa shape index (κ3) is 3.49. The molecule has 0 bridgehead atoms. The molecule has 0 saturated heterocycles. The fourth-order valence-electron chi connectivity index (χ4n) is 1.50. The number of pyridine rings is 1. The van der Waals surface area contributed by atoms with Gasteiger partial charge in [-0.3, -0.25) is 9.59 Å². The third-order valence-corrected chi connectivity index (χ3v) is 2.52. The van der Waals surface area contributed by atoms with E-state index in [9.17, 15) is 19.8 Å². The lowest BCUT2D eigenvalue weighted by molar-refractivity contribution is -0.134. The number of aliphatic hydroxyl groups is 1. The van der Waals surface area contributed by atoms with Crippen LogP contribution in [0.25, 0.3) is 0 Å². The van der Waals surface area contributed by atoms with Crippen LogP contribution in [0.4, 0.5) is 0 Å². The second kappa shape index (κ2) is 6.81. The molecule has 0 aliphatic heterocycles. The Morgan fingerprint density at radius 3 is 2.74 bits per heavy atom. The second-order valence-electron chi connectivity index (χ2n) is 3.89. The highest BCUT2D eigenvalue weighted by molar-refractivity contribution is 5.83. The number of hydrogen-bond donors (Lipinski definition) is 3. The van der Waals surface area contributed by atoms with Crippen LogP contribution in [0.3, 0.4) is 0 Å². The number of aliphatic hydroxyl groups excluding tert-OH is 1. The number of aromatic nitrogens is 1. The summed E-state index contributed by atoms with van der Waals surface area (Å²) >= 11 is 0. The first-order valence-electron chi connectivity index (χ1n) is 5.74. The summed E-state index contributed by atoms with van der Waals surface area (Å²) in [6.45, 7) is 1.23. The van der Waals surface area contributed by atoms with E-state index in [1.54, 1.807) is 0 Å². The molecule has 1 heterocycles. The molecule has 0 unspecified atom stereocenters. The standard InChI is InChI=1S/C12H16N2O5/c1-7-11(18)8(5-15)9(6-16)12(14-7)19-10(17)3-2-4-13/h5,16,18H,2-4,6,13H2,1H3. The van der Waals surface area contributed by atoms with Crippen LogP contribution in [0.1, 0.15) is 34.5 Å². The van der Waals surface area contributed by atoms with Crippen molar-refractivity contribution in [2.75, 3.05) is 6.54 Å². The van der Waals surface area contributed by atoms with Crippen molar-refractivity contribution in [3.05, 3.63) is 16.8 Å². The lowest BCUT2D eigenvalue weighted by Crippen LogP contribution is -2.14. The SMILES string of the molecule is Cc1nc(OC(=O)CCCN)c(CO)c(C=O)c1O. The highest BCUT2D eigenvalue weighted by atomic mass is 16.5. The van der Waals surface area contributed by atoms with Crippen molar-refractivity contribution >= 4 is 12.3 Å². The number of carbonyl (C=O) groups excluding carboxylic acids is 2. The molecule has 7 heteroatoms. The van der Waals surface area contributed by atoms with E-state index < -0.39 is 12.6 Å². The summed E-state index contributed by atoms with van der Waals surface area (Å²) in [7, 11) is 0. The third-order valence-electron chi connectivity index (χ3n) is 2.52. The molecule has 0 radical (unpaired) electrons. The number of aryl methyl sites for hydroxylation is 1. The Bertz CT molecular complexity index is 487. The molecule has 7 nitrogen and oxygen atoms in total. The smallest absolute Gasteiger partial charge is 0.312 e. The van der Waals surface area contributed by atoms with Gasteiger partial charge in [-0.25, -0.2) is 4.98 Å². The molecule has 19 heavy (non-hydrogen) atoms. The summed E-state index contributed by atoms with van der Waals surface area (Å²) in [5, 5.41) is 18.9. The normalized spacial score (nSPS) is 10.3. The fraction of sp³-hybridized carbons (Fsp3) is 0.417. The molecule has 0 saturated carbocycles. The summed E-state index contributed by atoms with van der Waals surface area (Å²) in [6.07, 6.45) is 0.955. The van der Waals surface area contributed by atoms with Crippen molar-refractivity contribution in [1.82, 2.24) is 4.98 Å². The minimum Gasteiger partial charge on any atom is -0.505 e. The molecular weight excluding hydrogens is 252 g/mol. The molecule has 0 aromatic carbocycles. The van der Waals surface area contributed by atoms with Gasteiger partial charge in [0.2, 0.25) is 5.88 Å². The van der Waals surface area contributed by atoms with Gasteiger partial charge >= 0.3 is 5.97 Å². The van der Waals surface area contributed by atoms with Crippen molar-refractivity contribution in [3.8, 4) is 11.6 Å². The maximum atomic E-state index is 11.5. The molecule has 1 rings (SSSR count). The Morgan fingerprint density at radius 1 is 1.53 bits per heavy atom. The molecule has 104 valence electrons. The first-order valence-corrected chi connectivity index (χ1v) is 5.74. The van der Waals surface area contributed by atoms with E-state index in [0.29, 0.717) is 19.3 Å². The predicted octanol–water partition coefficient (Wildman–Crippen LogP) is 0.0447. The van der Waals surface area contributed by atoms with Gasteiger partial charge in [-0.1, -0.05) is 0 Å². The first-order chi connectivity index (χ1) is 9.04. The Kier molecular flexibility index (Phi) is 5.40. The van der Waals surface area contributed by atoms with Gasteiger partial charge in [0, 0.05) is 6.42 Å². The number of carbonyl (C=O) groups is 2. The van der Waals surface area contributed by atoms with E-state index >= 15 is 0 Å². The van der Waals surface area contributed by atoms with E-state index in [2.05, 4.69) is 4.98 Å². The Hall–Kier alpha value is -1.99. The highest BCUT2D eigenvalue weighted by Gasteiger charge is 2.19. The number of ether oxygens (including phenoxy) is 1. The summed E-state index contributed by atoms with van der Waals surface area (Å²) in [4.78, 5) is 26.3. The predicted molar refractivity (Wildman–Crippen MR) is 65.9 cm³/mol. The van der Waals surface area contributed by atoms with E-state index in [0.717, 1.165) is 0 Å². The van der Waals surface area contributed by atoms with Crippen LogP contribution in [-0.2, 0) is 11.4 Å². The Balaban J connectivity index is 3.09. The zero-order valence-electron chi connectivity index (χ0n) is 10.5. The average molecular weight is 268 g/mol. The lowest BCUT2D eigenvalue weighted by Gasteiger charge is -2.12. The number of nitrogens with zero attached hydrogens (tertiary/aromatic N) is 1. The number of aldehydes is 1. The van der Waals surface area contributed by atoms with Crippen LogP contribution in [0.15, 0.2) is 0 Å². The van der Waals surface area contributed by atoms with Gasteiger partial charge in [0.05, 0.1) is 23.4 Å². The second-order valence-corrected chi connectivity index (χ2v) is 3.89. The van der Waals surface area contributed by atoms with Crippen LogP contribution in [-0.4, -0.2) is 34.0 Å². The van der Waals surface area contributed by atoms with Crippen LogP contribution >= 0.6 is 0 Å². The summed E-state index contributed by atoms with van der Waals surface area (Å²) < 4.78 is 4.98. The average Bonchev–Trinajstić information content (AvgIpc) is 2.39. The van der Waals surface area contributed by atoms with Crippen molar-refractivity contribution in [2.24, 2.45) is 5.73 Å². The van der Waals surface area contributed by atoms with Gasteiger partial charge in [-0.15, -0.1) is 0 Å². The van der Waals surface area contributed by atoms with Gasteiger partial charge < -0.3 is 20.7 Å². The van der Waals surface area contributed by atoms with Crippen LogP contribution < -0.4 is 10.5 Å². The Labute approximate surface area is 110 Å². The molecule has 0 aliphatic rings. The molecule has 1 aromatic rings. The van der Waals surface area contributed by atoms with Crippen molar-refractivity contribution in [2.45, 2.75) is 26.4 Å². The van der Waals surface area contributed by atoms with Crippen LogP contribution in [0.2, 0.25) is 0 Å². The van der Waals surface area contributed by atoms with Crippen molar-refractivity contribution < 1.29 is 24.5 Å². The summed E-state index contributed by atoms with van der Waals surface area (Å²) in [5.41, 5.74) is 5.27. The lowest BCUT2D eigenvalue weighted by atomic mass is 10.1. The quantitative estimate of drug-likeness (QED) is 0.491. The number of rotatable bonds is 6. The zero-order chi connectivity index (χ0) is 14.4. The molecular formula is C12H16N2O5. The van der Waals surface area contributed by atoms with E-state index in [-0.39, 0.29) is 34.9 Å². The molecule has 1 aromatic heterocycles. The molecule has 0 amide bonds. The molecule has 0 atom stereocenters. The monoisotopic (exact) mass is 268 g/mol. The maximum Gasteiger partial charge on any atom is 0.312 e. The summed E-state index contributed by atoms with van der Waals surface area (Å²) in [5.74, 6) is -1.06. The van der Waals surface area contributed by atoms with Crippen molar-refractivity contribution in [3.63, 3.8) is 0 Å². The van der Waals surface area contributed by atoms with E-state index in [4.69, 9.17) is 10.5 Å². The molecule has 0 spiro atoms. The van der Waals surface area contributed by atoms with E-state index in [1.165, 1.54) is 6.92 Å². The van der Waals surface area contributed by atoms with Gasteiger partial charge in [0.15, 0.2) is 6.29 Å². The number of aromatic hydroxyl groups is 1. The van der Waals surface area contributed by atoms with Gasteiger partial charge in [0.25, 0.3) is 0 Å². The zero-order valence-corrected chi connectivity index (χ0v) is 10.5. The van der Waals surface area contributed by atoms with Crippen LogP contribution in [0.5, 0.6) is 11.6 Å². The largest absolute Gasteiger partial charge is 0.505 e. The minimum absolute atomic E-state index is 0.0146. The fourth-order valence-corrected chi connectivity index (χ4v) is 1.50. The Morgan fingerprint density at radius 2 is 2.21 bits per heavy atom. The number of nitrogens with two attached hydrogens (primary N) is 1. The van der Waals surface area contributed by atoms with Crippen LogP contribution in [0, 0.1) is 6.92 Å². The van der Waals surface area contributed by atoms with Gasteiger partial charge in [0.1, 0.15) is 5.75 Å². The summed E-state index contributed by atoms with van der Waals surface area (Å²) in [6, 6.07) is 0. The van der Waals surface area contributed by atoms with Crippen molar-refractivity contribution in [1.29, 1.82) is 0 Å². The molecule has 4 N–H and O–H groups in total. The number of esters is 1. The van der Waals surface area contributed by atoms with Gasteiger partial charge in [-0.05, 0) is 19.9 Å². The number of hydrogen-bond acceptors (Lipinski definition) is 7. The first kappa shape index (κ1) is 15.1. The van der Waals surface area contributed by atoms with Gasteiger partial charge in [-0.2, -0.15) is 0 Å². The molecule has 0 fully saturated rings. The highest BCUT2D eigenvalue weighted by Crippen LogP contribution is 2.29. The topological polar surface area (TPSA) is 123 Å². The maximum absolute atomic E-state index is 11.5. The minimum atomic E-state index is -0.575. The van der Waals surface area contributed by atoms with E-state index in [1.807, 2.05) is 0 Å².